The van der Waals surface area contributed by atoms with E-state index in [1.54, 1.807) is 6.08 Å². The molecule has 3 fully saturated rings. The number of hydrogen-bond acceptors (Lipinski definition) is 18. The summed E-state index contributed by atoms with van der Waals surface area (Å²) < 4.78 is 34.2. The zero-order valence-electron chi connectivity index (χ0n) is 50.7. The van der Waals surface area contributed by atoms with Gasteiger partial charge in [0.2, 0.25) is 5.91 Å². The van der Waals surface area contributed by atoms with Crippen LogP contribution >= 0.6 is 0 Å². The van der Waals surface area contributed by atoms with Crippen LogP contribution < -0.4 is 5.32 Å². The number of aliphatic hydroxyl groups excluding tert-OH is 11. The molecule has 3 rings (SSSR count). The zero-order valence-corrected chi connectivity index (χ0v) is 50.7. The maximum Gasteiger partial charge on any atom is 0.220 e. The highest BCUT2D eigenvalue weighted by molar-refractivity contribution is 5.76. The van der Waals surface area contributed by atoms with Crippen molar-refractivity contribution in [3.63, 3.8) is 0 Å². The van der Waals surface area contributed by atoms with Crippen molar-refractivity contribution in [3.05, 3.63) is 48.6 Å². The molecule has 17 atom stereocenters. The van der Waals surface area contributed by atoms with E-state index in [0.29, 0.717) is 12.8 Å². The van der Waals surface area contributed by atoms with Crippen LogP contribution in [0.15, 0.2) is 48.6 Å². The molecule has 0 aliphatic carbocycles. The van der Waals surface area contributed by atoms with Crippen LogP contribution in [0.1, 0.15) is 219 Å². The molecule has 484 valence electrons. The smallest absolute Gasteiger partial charge is 0.220 e. The molecule has 0 spiro atoms. The van der Waals surface area contributed by atoms with Gasteiger partial charge in [-0.3, -0.25) is 4.79 Å². The monoisotopic (exact) mass is 1190 g/mol. The molecular weight excluding hydrogens is 1070 g/mol. The molecule has 1 amide bonds. The van der Waals surface area contributed by atoms with Gasteiger partial charge in [0.15, 0.2) is 18.9 Å². The number of aliphatic hydroxyl groups is 11. The maximum atomic E-state index is 13.3. The van der Waals surface area contributed by atoms with Crippen molar-refractivity contribution < 1.29 is 89.4 Å². The highest BCUT2D eigenvalue weighted by atomic mass is 16.8. The molecule has 0 radical (unpaired) electrons. The summed E-state index contributed by atoms with van der Waals surface area (Å²) >= 11 is 0. The molecule has 0 saturated carbocycles. The van der Waals surface area contributed by atoms with Crippen LogP contribution in [0, 0.1) is 0 Å². The number of ether oxygens (including phenoxy) is 6. The fourth-order valence-corrected chi connectivity index (χ4v) is 10.8. The summed E-state index contributed by atoms with van der Waals surface area (Å²) in [7, 11) is 0. The second-order valence-electron chi connectivity index (χ2n) is 23.2. The Morgan fingerprint density at radius 1 is 0.434 bits per heavy atom. The van der Waals surface area contributed by atoms with Crippen molar-refractivity contribution in [2.24, 2.45) is 0 Å². The summed E-state index contributed by atoms with van der Waals surface area (Å²) in [5.74, 6) is -0.288. The van der Waals surface area contributed by atoms with Gasteiger partial charge in [0.25, 0.3) is 0 Å². The molecule has 3 heterocycles. The number of carbonyl (C=O) groups is 1. The van der Waals surface area contributed by atoms with E-state index in [-0.39, 0.29) is 18.9 Å². The highest BCUT2D eigenvalue weighted by Crippen LogP contribution is 2.33. The predicted octanol–water partition coefficient (Wildman–Crippen LogP) is 7.04. The van der Waals surface area contributed by atoms with E-state index < -0.39 is 124 Å². The molecule has 83 heavy (non-hydrogen) atoms. The van der Waals surface area contributed by atoms with Gasteiger partial charge in [-0.15, -0.1) is 0 Å². The van der Waals surface area contributed by atoms with Crippen LogP contribution in [-0.4, -0.2) is 193 Å². The average Bonchev–Trinajstić information content (AvgIpc) is 3.25. The minimum Gasteiger partial charge on any atom is -0.394 e. The quantitative estimate of drug-likeness (QED) is 0.0215. The Hall–Kier alpha value is -2.25. The number of rotatable bonds is 48. The molecule has 0 aromatic rings. The molecular formula is C64H115NO18. The second-order valence-corrected chi connectivity index (χ2v) is 23.2. The van der Waals surface area contributed by atoms with Crippen LogP contribution in [-0.2, 0) is 33.2 Å². The Labute approximate surface area is 497 Å². The van der Waals surface area contributed by atoms with E-state index in [1.165, 1.54) is 135 Å². The van der Waals surface area contributed by atoms with Gasteiger partial charge in [-0.25, -0.2) is 0 Å². The van der Waals surface area contributed by atoms with Crippen LogP contribution in [0.25, 0.3) is 0 Å². The van der Waals surface area contributed by atoms with Crippen molar-refractivity contribution in [1.29, 1.82) is 0 Å². The predicted molar refractivity (Wildman–Crippen MR) is 319 cm³/mol. The van der Waals surface area contributed by atoms with Gasteiger partial charge in [-0.05, 0) is 64.2 Å². The van der Waals surface area contributed by atoms with Gasteiger partial charge in [-0.1, -0.05) is 197 Å². The first-order valence-corrected chi connectivity index (χ1v) is 32.4. The number of hydrogen-bond donors (Lipinski definition) is 12. The second kappa shape index (κ2) is 46.8. The Morgan fingerprint density at radius 2 is 0.807 bits per heavy atom. The number of carbonyl (C=O) groups excluding carboxylic acids is 1. The van der Waals surface area contributed by atoms with Gasteiger partial charge >= 0.3 is 0 Å². The van der Waals surface area contributed by atoms with E-state index in [1.807, 2.05) is 6.08 Å². The third-order valence-corrected chi connectivity index (χ3v) is 16.1. The largest absolute Gasteiger partial charge is 0.394 e. The molecule has 0 bridgehead atoms. The first-order chi connectivity index (χ1) is 40.3. The fourth-order valence-electron chi connectivity index (χ4n) is 10.8. The molecule has 0 aromatic carbocycles. The first kappa shape index (κ1) is 75.0. The Balaban J connectivity index is 1.37. The lowest BCUT2D eigenvalue weighted by Gasteiger charge is -2.48. The van der Waals surface area contributed by atoms with Gasteiger partial charge < -0.3 is 89.9 Å². The van der Waals surface area contributed by atoms with Crippen molar-refractivity contribution in [2.45, 2.75) is 324 Å². The standard InChI is InChI=1S/C64H115NO18/c1-3-5-7-9-11-13-14-15-16-17-18-19-20-21-22-23-24-25-26-27-28-29-30-31-32-34-36-38-40-42-52(70)65-47(48(69)41-39-37-35-33-12-10-8-6-4-2)46-78-62-58(76)55(73)60(50(44-67)80-62)83-64-59(77)56(74)61(51(45-68)81-64)82-63-57(75)54(72)53(71)49(43-66)79-63/h12,14-15,17-18,33,39,41,47-51,53-64,66-69,71-77H,3-11,13,16,19-32,34-38,40,42-46H2,1-2H3,(H,65,70)/b15-14-,18-17-,33-12+,41-39+. The maximum absolute atomic E-state index is 13.3. The lowest BCUT2D eigenvalue weighted by Crippen LogP contribution is -2.66. The summed E-state index contributed by atoms with van der Waals surface area (Å²) in [5.41, 5.74) is 0. The van der Waals surface area contributed by atoms with Crippen LogP contribution in [0.5, 0.6) is 0 Å². The molecule has 17 unspecified atom stereocenters. The van der Waals surface area contributed by atoms with Crippen molar-refractivity contribution in [1.82, 2.24) is 5.32 Å². The number of allylic oxidation sites excluding steroid dienone is 7. The van der Waals surface area contributed by atoms with Gasteiger partial charge in [0.1, 0.15) is 73.2 Å². The van der Waals surface area contributed by atoms with Crippen molar-refractivity contribution in [3.8, 4) is 0 Å². The molecule has 19 heteroatoms. The van der Waals surface area contributed by atoms with Gasteiger partial charge in [0.05, 0.1) is 38.6 Å². The summed E-state index contributed by atoms with van der Waals surface area (Å²) in [6.45, 7) is 1.63. The lowest BCUT2D eigenvalue weighted by atomic mass is 9.96. The van der Waals surface area contributed by atoms with E-state index in [4.69, 9.17) is 28.4 Å². The lowest BCUT2D eigenvalue weighted by molar-refractivity contribution is -0.379. The Kier molecular flexibility index (Phi) is 42.3. The van der Waals surface area contributed by atoms with E-state index in [2.05, 4.69) is 55.6 Å². The van der Waals surface area contributed by atoms with Crippen LogP contribution in [0.4, 0.5) is 0 Å². The normalized spacial score (nSPS) is 29.7. The van der Waals surface area contributed by atoms with Gasteiger partial charge in [0, 0.05) is 6.42 Å². The van der Waals surface area contributed by atoms with E-state index in [9.17, 15) is 61.0 Å². The fraction of sp³-hybridized carbons (Fsp3) is 0.859. The van der Waals surface area contributed by atoms with E-state index in [0.717, 1.165) is 51.4 Å². The SMILES string of the molecule is CCCCC/C=C/CC/C=C/C(O)C(COC1OC(CO)C(OC2OC(CO)C(OC3OC(CO)C(O)C(O)C3O)C(O)C2O)C(O)C1O)NC(=O)CCCCCCCCCCCCCCCCCCC/C=C\C/C=C\CCCCCCC. The molecule has 3 aliphatic heterocycles. The third-order valence-electron chi connectivity index (χ3n) is 16.1. The number of amides is 1. The molecule has 12 N–H and O–H groups in total. The number of nitrogens with one attached hydrogen (secondary N) is 1. The van der Waals surface area contributed by atoms with Crippen molar-refractivity contribution >= 4 is 5.91 Å². The summed E-state index contributed by atoms with van der Waals surface area (Å²) in [4.78, 5) is 13.3. The topological polar surface area (TPSA) is 307 Å². The zero-order chi connectivity index (χ0) is 60.5. The summed E-state index contributed by atoms with van der Waals surface area (Å²) in [6.07, 6.45) is 27.1. The Bertz CT molecular complexity index is 1700. The van der Waals surface area contributed by atoms with E-state index >= 15 is 0 Å². The minimum absolute atomic E-state index is 0.236. The number of unbranched alkanes of at least 4 members (excludes halogenated alkanes) is 26. The summed E-state index contributed by atoms with van der Waals surface area (Å²) in [6, 6.07) is -0.987. The highest BCUT2D eigenvalue weighted by Gasteiger charge is 2.53. The molecule has 19 nitrogen and oxygen atoms in total. The average molecular weight is 1190 g/mol. The minimum atomic E-state index is -1.98. The van der Waals surface area contributed by atoms with Gasteiger partial charge in [-0.2, -0.15) is 0 Å². The molecule has 3 aliphatic rings. The first-order valence-electron chi connectivity index (χ1n) is 32.4. The van der Waals surface area contributed by atoms with Crippen LogP contribution in [0.3, 0.4) is 0 Å². The summed E-state index contributed by atoms with van der Waals surface area (Å²) in [5, 5.41) is 120. The molecule has 3 saturated heterocycles. The Morgan fingerprint density at radius 3 is 1.30 bits per heavy atom. The molecule has 0 aromatic heterocycles. The van der Waals surface area contributed by atoms with Crippen molar-refractivity contribution in [2.75, 3.05) is 26.4 Å². The van der Waals surface area contributed by atoms with Crippen LogP contribution in [0.2, 0.25) is 0 Å². The third kappa shape index (κ3) is 30.0.